The number of hydrogen-bond donors (Lipinski definition) is 2. The van der Waals surface area contributed by atoms with Crippen LogP contribution in [0.2, 0.25) is 0 Å². The first kappa shape index (κ1) is 17.9. The van der Waals surface area contributed by atoms with E-state index in [9.17, 15) is 9.59 Å². The second kappa shape index (κ2) is 8.45. The number of amides is 2. The molecule has 2 N–H and O–H groups in total. The van der Waals surface area contributed by atoms with Crippen LogP contribution >= 0.6 is 15.9 Å². The molecule has 1 aromatic rings. The maximum absolute atomic E-state index is 12.7. The molecular weight excluding hydrogens is 358 g/mol. The molecule has 1 aliphatic heterocycles. The molecule has 2 rings (SSSR count). The summed E-state index contributed by atoms with van der Waals surface area (Å²) in [6.07, 6.45) is 2.37. The van der Waals surface area contributed by atoms with E-state index in [4.69, 9.17) is 0 Å². The zero-order chi connectivity index (χ0) is 16.8. The highest BCUT2D eigenvalue weighted by Gasteiger charge is 2.30. The summed E-state index contributed by atoms with van der Waals surface area (Å²) in [5, 5.41) is 6.05. The average molecular weight is 382 g/mol. The summed E-state index contributed by atoms with van der Waals surface area (Å²) in [4.78, 5) is 26.2. The number of hydrogen-bond acceptors (Lipinski definition) is 3. The van der Waals surface area contributed by atoms with Crippen molar-refractivity contribution >= 4 is 27.7 Å². The number of likely N-dealkylation sites (N-methyl/N-ethyl adjacent to an activating group) is 1. The number of carbonyl (C=O) groups excluding carboxylic acids is 2. The van der Waals surface area contributed by atoms with Gasteiger partial charge in [-0.05, 0) is 37.6 Å². The fourth-order valence-electron chi connectivity index (χ4n) is 3.10. The second-order valence-corrected chi connectivity index (χ2v) is 6.87. The maximum Gasteiger partial charge on any atom is 0.225 e. The molecule has 6 heteroatoms. The third kappa shape index (κ3) is 5.04. The summed E-state index contributed by atoms with van der Waals surface area (Å²) in [7, 11) is 1.91. The minimum atomic E-state index is -0.288. The number of likely N-dealkylation sites (tertiary alicyclic amines) is 1. The molecule has 0 aliphatic carbocycles. The molecule has 5 nitrogen and oxygen atoms in total. The highest BCUT2D eigenvalue weighted by molar-refractivity contribution is 9.10. The Labute approximate surface area is 145 Å². The van der Waals surface area contributed by atoms with E-state index in [0.717, 1.165) is 36.0 Å². The van der Waals surface area contributed by atoms with Gasteiger partial charge in [0, 0.05) is 30.5 Å². The maximum atomic E-state index is 12.7. The van der Waals surface area contributed by atoms with Crippen molar-refractivity contribution in [2.45, 2.75) is 38.3 Å². The highest BCUT2D eigenvalue weighted by Crippen LogP contribution is 2.24. The predicted molar refractivity (Wildman–Crippen MR) is 94.0 cm³/mol. The molecular formula is C17H24BrN3O2. The van der Waals surface area contributed by atoms with E-state index in [1.54, 1.807) is 0 Å². The van der Waals surface area contributed by atoms with Gasteiger partial charge in [0.15, 0.2) is 0 Å². The van der Waals surface area contributed by atoms with Crippen LogP contribution in [0.25, 0.3) is 0 Å². The standard InChI is InChI=1S/C17H24BrN3O2/c1-12(22)20-16(13-5-7-14(18)8-6-13)10-17(23)21-9-3-4-15(21)11-19-2/h5-8,15-16,19H,3-4,9-11H2,1-2H3,(H,20,22)/t15-,16-/m0/s1. The SMILES string of the molecule is CNC[C@@H]1CCCN1C(=O)C[C@H](NC(C)=O)c1ccc(Br)cc1. The molecule has 1 aliphatic rings. The summed E-state index contributed by atoms with van der Waals surface area (Å²) in [5.74, 6) is -0.0247. The molecule has 1 aromatic carbocycles. The van der Waals surface area contributed by atoms with Gasteiger partial charge in [-0.3, -0.25) is 9.59 Å². The lowest BCUT2D eigenvalue weighted by Gasteiger charge is -2.27. The topological polar surface area (TPSA) is 61.4 Å². The van der Waals surface area contributed by atoms with Crippen LogP contribution in [-0.2, 0) is 9.59 Å². The lowest BCUT2D eigenvalue weighted by molar-refractivity contribution is -0.132. The van der Waals surface area contributed by atoms with E-state index in [-0.39, 0.29) is 23.9 Å². The number of halogens is 1. The normalized spacial score (nSPS) is 18.7. The molecule has 0 unspecified atom stereocenters. The van der Waals surface area contributed by atoms with Gasteiger partial charge in [-0.1, -0.05) is 28.1 Å². The van der Waals surface area contributed by atoms with E-state index in [0.29, 0.717) is 6.42 Å². The van der Waals surface area contributed by atoms with Gasteiger partial charge in [0.1, 0.15) is 0 Å². The molecule has 0 bridgehead atoms. The van der Waals surface area contributed by atoms with E-state index in [1.807, 2.05) is 36.2 Å². The Balaban J connectivity index is 2.09. The van der Waals surface area contributed by atoms with Gasteiger partial charge in [0.25, 0.3) is 0 Å². The van der Waals surface area contributed by atoms with Crippen LogP contribution in [0.3, 0.4) is 0 Å². The highest BCUT2D eigenvalue weighted by atomic mass is 79.9. The van der Waals surface area contributed by atoms with Crippen molar-refractivity contribution in [2.24, 2.45) is 0 Å². The predicted octanol–water partition coefficient (Wildman–Crippen LogP) is 2.23. The van der Waals surface area contributed by atoms with Crippen LogP contribution < -0.4 is 10.6 Å². The molecule has 1 heterocycles. The number of nitrogens with one attached hydrogen (secondary N) is 2. The van der Waals surface area contributed by atoms with Gasteiger partial charge >= 0.3 is 0 Å². The van der Waals surface area contributed by atoms with Crippen molar-refractivity contribution in [3.05, 3.63) is 34.3 Å². The first-order chi connectivity index (χ1) is 11.0. The molecule has 23 heavy (non-hydrogen) atoms. The minimum absolute atomic E-state index is 0.101. The summed E-state index contributed by atoms with van der Waals surface area (Å²) < 4.78 is 0.975. The molecule has 126 valence electrons. The Morgan fingerprint density at radius 1 is 1.35 bits per heavy atom. The largest absolute Gasteiger partial charge is 0.349 e. The number of benzene rings is 1. The van der Waals surface area contributed by atoms with Crippen molar-refractivity contribution in [1.29, 1.82) is 0 Å². The molecule has 1 fully saturated rings. The van der Waals surface area contributed by atoms with Crippen LogP contribution in [-0.4, -0.2) is 42.9 Å². The first-order valence-electron chi connectivity index (χ1n) is 7.98. The van der Waals surface area contributed by atoms with Gasteiger partial charge in [-0.15, -0.1) is 0 Å². The van der Waals surface area contributed by atoms with Gasteiger partial charge in [-0.2, -0.15) is 0 Å². The molecule has 0 saturated carbocycles. The number of nitrogens with zero attached hydrogens (tertiary/aromatic N) is 1. The summed E-state index contributed by atoms with van der Waals surface area (Å²) in [6.45, 7) is 3.10. The summed E-state index contributed by atoms with van der Waals surface area (Å²) >= 11 is 3.41. The smallest absolute Gasteiger partial charge is 0.225 e. The van der Waals surface area contributed by atoms with Gasteiger partial charge in [-0.25, -0.2) is 0 Å². The van der Waals surface area contributed by atoms with Gasteiger partial charge in [0.05, 0.1) is 12.5 Å². The quantitative estimate of drug-likeness (QED) is 0.793. The average Bonchev–Trinajstić information content (AvgIpc) is 2.95. The Bertz CT molecular complexity index is 547. The summed E-state index contributed by atoms with van der Waals surface area (Å²) in [6, 6.07) is 7.70. The first-order valence-corrected chi connectivity index (χ1v) is 8.77. The van der Waals surface area contributed by atoms with E-state index in [2.05, 4.69) is 26.6 Å². The monoisotopic (exact) mass is 381 g/mol. The fraction of sp³-hybridized carbons (Fsp3) is 0.529. The van der Waals surface area contributed by atoms with Crippen LogP contribution in [0.5, 0.6) is 0 Å². The van der Waals surface area contributed by atoms with Gasteiger partial charge < -0.3 is 15.5 Å². The van der Waals surface area contributed by atoms with Gasteiger partial charge in [0.2, 0.25) is 11.8 Å². The zero-order valence-electron chi connectivity index (χ0n) is 13.6. The fourth-order valence-corrected chi connectivity index (χ4v) is 3.36. The molecule has 2 amide bonds. The zero-order valence-corrected chi connectivity index (χ0v) is 15.2. The van der Waals surface area contributed by atoms with Crippen LogP contribution in [0.1, 0.15) is 37.8 Å². The van der Waals surface area contributed by atoms with Crippen molar-refractivity contribution in [3.63, 3.8) is 0 Å². The molecule has 1 saturated heterocycles. The van der Waals surface area contributed by atoms with Crippen LogP contribution in [0.15, 0.2) is 28.7 Å². The molecule has 0 spiro atoms. The molecule has 0 radical (unpaired) electrons. The molecule has 0 aromatic heterocycles. The van der Waals surface area contributed by atoms with Crippen LogP contribution in [0.4, 0.5) is 0 Å². The number of carbonyl (C=O) groups is 2. The van der Waals surface area contributed by atoms with Crippen molar-refractivity contribution in [2.75, 3.05) is 20.1 Å². The summed E-state index contributed by atoms with van der Waals surface area (Å²) in [5.41, 5.74) is 0.945. The lowest BCUT2D eigenvalue weighted by Crippen LogP contribution is -2.42. The Morgan fingerprint density at radius 2 is 2.04 bits per heavy atom. The Morgan fingerprint density at radius 3 is 2.65 bits per heavy atom. The Kier molecular flexibility index (Phi) is 6.59. The molecule has 2 atom stereocenters. The second-order valence-electron chi connectivity index (χ2n) is 5.95. The van der Waals surface area contributed by atoms with Crippen LogP contribution in [0, 0.1) is 0 Å². The van der Waals surface area contributed by atoms with E-state index < -0.39 is 0 Å². The van der Waals surface area contributed by atoms with Crippen molar-refractivity contribution in [3.8, 4) is 0 Å². The minimum Gasteiger partial charge on any atom is -0.349 e. The third-order valence-corrected chi connectivity index (χ3v) is 4.69. The van der Waals surface area contributed by atoms with E-state index >= 15 is 0 Å². The van der Waals surface area contributed by atoms with Crippen molar-refractivity contribution < 1.29 is 9.59 Å². The van der Waals surface area contributed by atoms with E-state index in [1.165, 1.54) is 6.92 Å². The van der Waals surface area contributed by atoms with Crippen molar-refractivity contribution in [1.82, 2.24) is 15.5 Å². The number of rotatable bonds is 6. The Hall–Kier alpha value is -1.40. The lowest BCUT2D eigenvalue weighted by atomic mass is 10.0. The third-order valence-electron chi connectivity index (χ3n) is 4.17.